The number of alkyl halides is 3. The summed E-state index contributed by atoms with van der Waals surface area (Å²) < 4.78 is 40.8. The summed E-state index contributed by atoms with van der Waals surface area (Å²) in [7, 11) is 0. The largest absolute Gasteiger partial charge is 0.416 e. The molecule has 0 fully saturated rings. The molecule has 10 heteroatoms. The first-order valence-corrected chi connectivity index (χ1v) is 9.02. The van der Waals surface area contributed by atoms with Gasteiger partial charge in [-0.1, -0.05) is 6.07 Å². The van der Waals surface area contributed by atoms with Crippen molar-refractivity contribution < 1.29 is 22.9 Å². The number of non-ortho nitro benzene ring substituents is 1. The first-order chi connectivity index (χ1) is 14.6. The van der Waals surface area contributed by atoms with Gasteiger partial charge in [0.15, 0.2) is 0 Å². The summed E-state index contributed by atoms with van der Waals surface area (Å²) in [6.45, 7) is 3.48. The van der Waals surface area contributed by atoms with Gasteiger partial charge in [0.05, 0.1) is 16.7 Å². The smallest absolute Gasteiger partial charge is 0.318 e. The molecule has 3 aromatic rings. The summed E-state index contributed by atoms with van der Waals surface area (Å²) >= 11 is 0. The van der Waals surface area contributed by atoms with Crippen LogP contribution in [0.25, 0.3) is 5.69 Å². The van der Waals surface area contributed by atoms with E-state index < -0.39 is 22.6 Å². The molecule has 0 spiro atoms. The van der Waals surface area contributed by atoms with Crippen LogP contribution in [0.3, 0.4) is 0 Å². The number of hydrogen-bond donors (Lipinski definition) is 1. The Labute approximate surface area is 175 Å². The molecule has 1 heterocycles. The highest BCUT2D eigenvalue weighted by molar-refractivity contribution is 5.95. The van der Waals surface area contributed by atoms with Crippen molar-refractivity contribution in [1.82, 2.24) is 9.99 Å². The van der Waals surface area contributed by atoms with Crippen LogP contribution in [0.15, 0.2) is 59.7 Å². The number of nitrogens with one attached hydrogen (secondary N) is 1. The lowest BCUT2D eigenvalue weighted by atomic mass is 10.2. The quantitative estimate of drug-likeness (QED) is 0.359. The number of benzene rings is 2. The average Bonchev–Trinajstić information content (AvgIpc) is 3.00. The molecule has 3 rings (SSSR count). The van der Waals surface area contributed by atoms with Gasteiger partial charge in [-0.3, -0.25) is 14.9 Å². The SMILES string of the molecule is Cc1cc(C=NNC(=O)c2ccc([N+](=O)[O-])cc2)c(C)n1-c1cccc(C(F)(F)F)c1. The Hall–Kier alpha value is -3.95. The normalized spacial score (nSPS) is 11.6. The fourth-order valence-electron chi connectivity index (χ4n) is 3.10. The van der Waals surface area contributed by atoms with Gasteiger partial charge in [0.25, 0.3) is 11.6 Å². The van der Waals surface area contributed by atoms with Crippen LogP contribution in [0.4, 0.5) is 18.9 Å². The van der Waals surface area contributed by atoms with E-state index in [-0.39, 0.29) is 11.3 Å². The Morgan fingerprint density at radius 1 is 1.13 bits per heavy atom. The number of nitrogens with zero attached hydrogens (tertiary/aromatic N) is 3. The molecule has 160 valence electrons. The highest BCUT2D eigenvalue weighted by atomic mass is 19.4. The average molecular weight is 430 g/mol. The minimum absolute atomic E-state index is 0.137. The Bertz CT molecular complexity index is 1170. The minimum atomic E-state index is -4.45. The van der Waals surface area contributed by atoms with Crippen LogP contribution in [0.1, 0.15) is 32.9 Å². The number of hydrogen-bond acceptors (Lipinski definition) is 4. The third-order valence-corrected chi connectivity index (χ3v) is 4.61. The number of nitro benzene ring substituents is 1. The summed E-state index contributed by atoms with van der Waals surface area (Å²) in [6.07, 6.45) is -3.06. The summed E-state index contributed by atoms with van der Waals surface area (Å²) in [6, 6.07) is 11.8. The van der Waals surface area contributed by atoms with Crippen LogP contribution in [0, 0.1) is 24.0 Å². The predicted octanol–water partition coefficient (Wildman–Crippen LogP) is 4.79. The van der Waals surface area contributed by atoms with E-state index in [0.29, 0.717) is 22.6 Å². The summed E-state index contributed by atoms with van der Waals surface area (Å²) in [5.41, 5.74) is 3.94. The maximum Gasteiger partial charge on any atom is 0.416 e. The maximum atomic E-state index is 13.0. The van der Waals surface area contributed by atoms with Gasteiger partial charge in [0, 0.05) is 40.3 Å². The van der Waals surface area contributed by atoms with E-state index in [1.807, 2.05) is 0 Å². The molecular weight excluding hydrogens is 413 g/mol. The van der Waals surface area contributed by atoms with Gasteiger partial charge in [0.2, 0.25) is 0 Å². The zero-order valence-electron chi connectivity index (χ0n) is 16.5. The van der Waals surface area contributed by atoms with Crippen molar-refractivity contribution in [1.29, 1.82) is 0 Å². The van der Waals surface area contributed by atoms with E-state index in [4.69, 9.17) is 0 Å². The molecule has 2 aromatic carbocycles. The molecule has 1 amide bonds. The van der Waals surface area contributed by atoms with Crippen LogP contribution in [0.2, 0.25) is 0 Å². The molecule has 0 saturated carbocycles. The van der Waals surface area contributed by atoms with Crippen LogP contribution >= 0.6 is 0 Å². The third-order valence-electron chi connectivity index (χ3n) is 4.61. The van der Waals surface area contributed by atoms with Crippen LogP contribution in [0.5, 0.6) is 0 Å². The van der Waals surface area contributed by atoms with Crippen molar-refractivity contribution in [3.8, 4) is 5.69 Å². The topological polar surface area (TPSA) is 89.5 Å². The molecule has 31 heavy (non-hydrogen) atoms. The fourth-order valence-corrected chi connectivity index (χ4v) is 3.10. The van der Waals surface area contributed by atoms with Gasteiger partial charge in [-0.05, 0) is 50.2 Å². The summed E-state index contributed by atoms with van der Waals surface area (Å²) in [5, 5.41) is 14.6. The van der Waals surface area contributed by atoms with Crippen molar-refractivity contribution in [2.45, 2.75) is 20.0 Å². The van der Waals surface area contributed by atoms with E-state index in [9.17, 15) is 28.1 Å². The number of aromatic nitrogens is 1. The molecule has 1 N–H and O–H groups in total. The van der Waals surface area contributed by atoms with E-state index in [1.54, 1.807) is 30.5 Å². The van der Waals surface area contributed by atoms with Gasteiger partial charge >= 0.3 is 6.18 Å². The second-order valence-corrected chi connectivity index (χ2v) is 6.71. The first-order valence-electron chi connectivity index (χ1n) is 9.02. The monoisotopic (exact) mass is 430 g/mol. The number of carbonyl (C=O) groups is 1. The number of nitro groups is 1. The lowest BCUT2D eigenvalue weighted by Gasteiger charge is -2.13. The van der Waals surface area contributed by atoms with Crippen molar-refractivity contribution in [2.24, 2.45) is 5.10 Å². The van der Waals surface area contributed by atoms with Crippen molar-refractivity contribution in [3.05, 3.63) is 92.8 Å². The number of carbonyl (C=O) groups excluding carboxylic acids is 1. The molecule has 0 saturated heterocycles. The van der Waals surface area contributed by atoms with Crippen molar-refractivity contribution in [3.63, 3.8) is 0 Å². The lowest BCUT2D eigenvalue weighted by Crippen LogP contribution is -2.17. The van der Waals surface area contributed by atoms with E-state index in [1.165, 1.54) is 36.5 Å². The molecule has 0 bridgehead atoms. The van der Waals surface area contributed by atoms with Gasteiger partial charge in [-0.25, -0.2) is 5.43 Å². The minimum Gasteiger partial charge on any atom is -0.318 e. The Balaban J connectivity index is 1.79. The second kappa shape index (κ2) is 8.42. The van der Waals surface area contributed by atoms with Crippen molar-refractivity contribution >= 4 is 17.8 Å². The molecule has 0 atom stereocenters. The van der Waals surface area contributed by atoms with Gasteiger partial charge in [-0.2, -0.15) is 18.3 Å². The molecule has 0 unspecified atom stereocenters. The van der Waals surface area contributed by atoms with Gasteiger partial charge in [-0.15, -0.1) is 0 Å². The van der Waals surface area contributed by atoms with E-state index >= 15 is 0 Å². The Kier molecular flexibility index (Phi) is 5.91. The first kappa shape index (κ1) is 21.8. The van der Waals surface area contributed by atoms with E-state index in [0.717, 1.165) is 12.1 Å². The highest BCUT2D eigenvalue weighted by Gasteiger charge is 2.30. The van der Waals surface area contributed by atoms with E-state index in [2.05, 4.69) is 10.5 Å². The predicted molar refractivity (Wildman–Crippen MR) is 108 cm³/mol. The summed E-state index contributed by atoms with van der Waals surface area (Å²) in [4.78, 5) is 22.2. The molecule has 7 nitrogen and oxygen atoms in total. The highest BCUT2D eigenvalue weighted by Crippen LogP contribution is 2.31. The van der Waals surface area contributed by atoms with Gasteiger partial charge < -0.3 is 4.57 Å². The third kappa shape index (κ3) is 4.80. The van der Waals surface area contributed by atoms with Crippen LogP contribution in [-0.2, 0) is 6.18 Å². The maximum absolute atomic E-state index is 13.0. The van der Waals surface area contributed by atoms with Crippen molar-refractivity contribution in [2.75, 3.05) is 0 Å². The standard InChI is InChI=1S/C21H17F3N4O3/c1-13-10-16(12-25-26-20(29)15-6-8-18(9-7-15)28(30)31)14(2)27(13)19-5-3-4-17(11-19)21(22,23)24/h3-12H,1-2H3,(H,26,29). The summed E-state index contributed by atoms with van der Waals surface area (Å²) in [5.74, 6) is -0.558. The molecular formula is C21H17F3N4O3. The van der Waals surface area contributed by atoms with Crippen LogP contribution in [-0.4, -0.2) is 21.6 Å². The Morgan fingerprint density at radius 3 is 2.42 bits per heavy atom. The lowest BCUT2D eigenvalue weighted by molar-refractivity contribution is -0.384. The zero-order valence-corrected chi connectivity index (χ0v) is 16.5. The van der Waals surface area contributed by atoms with Crippen LogP contribution < -0.4 is 5.43 Å². The fraction of sp³-hybridized carbons (Fsp3) is 0.143. The zero-order chi connectivity index (χ0) is 22.8. The Morgan fingerprint density at radius 2 is 1.81 bits per heavy atom. The second-order valence-electron chi connectivity index (χ2n) is 6.71. The molecule has 0 aliphatic rings. The molecule has 0 aliphatic carbocycles. The molecule has 0 aliphatic heterocycles. The molecule has 0 radical (unpaired) electrons. The number of aryl methyl sites for hydroxylation is 1. The van der Waals surface area contributed by atoms with Gasteiger partial charge in [0.1, 0.15) is 0 Å². The number of amides is 1. The number of rotatable bonds is 5. The number of halogens is 3. The number of hydrazone groups is 1. The molecule has 1 aromatic heterocycles.